The van der Waals surface area contributed by atoms with Crippen LogP contribution in [0.25, 0.3) is 11.3 Å². The van der Waals surface area contributed by atoms with Crippen LogP contribution in [0.5, 0.6) is 0 Å². The fourth-order valence-electron chi connectivity index (χ4n) is 2.79. The summed E-state index contributed by atoms with van der Waals surface area (Å²) in [5.41, 5.74) is 2.57. The van der Waals surface area contributed by atoms with Gasteiger partial charge >= 0.3 is 6.18 Å². The number of thioether (sulfide) groups is 1. The minimum atomic E-state index is -4.35. The number of amides is 1. The molecule has 0 unspecified atom stereocenters. The summed E-state index contributed by atoms with van der Waals surface area (Å²) < 4.78 is 40.6. The molecule has 0 radical (unpaired) electrons. The highest BCUT2D eigenvalue weighted by Gasteiger charge is 2.30. The van der Waals surface area contributed by atoms with E-state index in [0.29, 0.717) is 27.7 Å². The van der Waals surface area contributed by atoms with Crippen LogP contribution in [-0.2, 0) is 12.3 Å². The molecule has 0 bridgehead atoms. The van der Waals surface area contributed by atoms with Crippen LogP contribution >= 0.6 is 11.8 Å². The van der Waals surface area contributed by atoms with Gasteiger partial charge in [0.1, 0.15) is 6.54 Å². The van der Waals surface area contributed by atoms with Crippen LogP contribution in [0.4, 0.5) is 13.2 Å². The molecule has 4 nitrogen and oxygen atoms in total. The Kier molecular flexibility index (Phi) is 6.32. The lowest BCUT2D eigenvalue weighted by Crippen LogP contribution is -2.21. The molecule has 0 saturated heterocycles. The summed E-state index contributed by atoms with van der Waals surface area (Å²) in [6.07, 6.45) is -2.88. The van der Waals surface area contributed by atoms with E-state index in [1.54, 1.807) is 62.6 Å². The molecule has 0 aliphatic carbocycles. The van der Waals surface area contributed by atoms with E-state index in [1.165, 1.54) is 27.4 Å². The van der Waals surface area contributed by atoms with Crippen molar-refractivity contribution in [3.63, 3.8) is 0 Å². The molecule has 1 heterocycles. The number of hydrogen-bond donors (Lipinski definition) is 0. The molecule has 1 aromatic heterocycles. The average molecular weight is 419 g/mol. The van der Waals surface area contributed by atoms with E-state index in [4.69, 9.17) is 0 Å². The second-order valence-corrected chi connectivity index (χ2v) is 7.62. The van der Waals surface area contributed by atoms with Crippen molar-refractivity contribution >= 4 is 17.7 Å². The van der Waals surface area contributed by atoms with Gasteiger partial charge in [-0.3, -0.25) is 4.79 Å². The van der Waals surface area contributed by atoms with Gasteiger partial charge in [-0.1, -0.05) is 54.2 Å². The van der Waals surface area contributed by atoms with Gasteiger partial charge in [0.15, 0.2) is 5.16 Å². The number of benzene rings is 2. The fraction of sp³-hybridized carbons (Fsp3) is 0.238. The molecule has 29 heavy (non-hydrogen) atoms. The molecule has 0 N–H and O–H groups in total. The zero-order chi connectivity index (χ0) is 21.0. The molecule has 0 aliphatic rings. The summed E-state index contributed by atoms with van der Waals surface area (Å²) >= 11 is 1.23. The van der Waals surface area contributed by atoms with Crippen LogP contribution in [0.15, 0.2) is 66.0 Å². The Hall–Kier alpha value is -2.74. The zero-order valence-electron chi connectivity index (χ0n) is 16.0. The second-order valence-electron chi connectivity index (χ2n) is 6.68. The number of halogens is 3. The molecule has 0 atom stereocenters. The van der Waals surface area contributed by atoms with Gasteiger partial charge < -0.3 is 9.47 Å². The van der Waals surface area contributed by atoms with Crippen LogP contribution in [-0.4, -0.2) is 40.6 Å². The second kappa shape index (κ2) is 8.73. The first-order chi connectivity index (χ1) is 13.7. The SMILES string of the molecule is CN(C)C(=O)c1ccc(CSc2ncc(-c3ccccc3)n2CC(F)(F)F)cc1. The molecular formula is C21H20F3N3OS. The number of hydrogen-bond acceptors (Lipinski definition) is 3. The van der Waals surface area contributed by atoms with Gasteiger partial charge in [-0.25, -0.2) is 4.98 Å². The highest BCUT2D eigenvalue weighted by molar-refractivity contribution is 7.98. The van der Waals surface area contributed by atoms with Crippen molar-refractivity contribution in [3.05, 3.63) is 71.9 Å². The summed E-state index contributed by atoms with van der Waals surface area (Å²) in [5, 5.41) is 0.301. The number of imidazole rings is 1. The van der Waals surface area contributed by atoms with Crippen LogP contribution in [0.3, 0.4) is 0 Å². The Morgan fingerprint density at radius 2 is 1.72 bits per heavy atom. The van der Waals surface area contributed by atoms with Gasteiger partial charge in [-0.05, 0) is 23.3 Å². The number of carbonyl (C=O) groups excluding carboxylic acids is 1. The number of alkyl halides is 3. The molecule has 3 rings (SSSR count). The lowest BCUT2D eigenvalue weighted by atomic mass is 10.1. The number of aromatic nitrogens is 2. The van der Waals surface area contributed by atoms with E-state index in [1.807, 2.05) is 6.07 Å². The fourth-order valence-corrected chi connectivity index (χ4v) is 3.73. The van der Waals surface area contributed by atoms with Crippen molar-refractivity contribution in [2.75, 3.05) is 14.1 Å². The Morgan fingerprint density at radius 1 is 1.07 bits per heavy atom. The first-order valence-corrected chi connectivity index (χ1v) is 9.84. The van der Waals surface area contributed by atoms with E-state index in [2.05, 4.69) is 4.98 Å². The molecular weight excluding hydrogens is 399 g/mol. The van der Waals surface area contributed by atoms with E-state index >= 15 is 0 Å². The first-order valence-electron chi connectivity index (χ1n) is 8.85. The first kappa shape index (κ1) is 21.0. The van der Waals surface area contributed by atoms with Crippen LogP contribution in [0.2, 0.25) is 0 Å². The third-order valence-electron chi connectivity index (χ3n) is 4.20. The van der Waals surface area contributed by atoms with Crippen LogP contribution in [0.1, 0.15) is 15.9 Å². The summed E-state index contributed by atoms with van der Waals surface area (Å²) in [6.45, 7) is -1.10. The van der Waals surface area contributed by atoms with Crippen molar-refractivity contribution < 1.29 is 18.0 Å². The van der Waals surface area contributed by atoms with Crippen LogP contribution in [0, 0.1) is 0 Å². The van der Waals surface area contributed by atoms with E-state index in [-0.39, 0.29) is 5.91 Å². The molecule has 152 valence electrons. The minimum absolute atomic E-state index is 0.0996. The Balaban J connectivity index is 1.80. The number of rotatable bonds is 6. The molecule has 2 aromatic carbocycles. The van der Waals surface area contributed by atoms with Gasteiger partial charge in [0, 0.05) is 25.4 Å². The maximum absolute atomic E-state index is 13.1. The summed E-state index contributed by atoms with van der Waals surface area (Å²) in [5.74, 6) is 0.344. The van der Waals surface area contributed by atoms with Crippen molar-refractivity contribution in [2.24, 2.45) is 0 Å². The summed E-state index contributed by atoms with van der Waals surface area (Å²) in [4.78, 5) is 17.7. The van der Waals surface area contributed by atoms with Crippen molar-refractivity contribution in [2.45, 2.75) is 23.6 Å². The Labute approximate surface area is 171 Å². The Bertz CT molecular complexity index is 967. The number of carbonyl (C=O) groups is 1. The molecule has 0 saturated carbocycles. The van der Waals surface area contributed by atoms with Gasteiger partial charge in [0.25, 0.3) is 5.91 Å². The maximum atomic E-state index is 13.1. The predicted molar refractivity (Wildman–Crippen MR) is 108 cm³/mol. The van der Waals surface area contributed by atoms with E-state index < -0.39 is 12.7 Å². The monoisotopic (exact) mass is 419 g/mol. The minimum Gasteiger partial charge on any atom is -0.345 e. The third-order valence-corrected chi connectivity index (χ3v) is 5.26. The number of nitrogens with zero attached hydrogens (tertiary/aromatic N) is 3. The van der Waals surface area contributed by atoms with Gasteiger partial charge in [-0.15, -0.1) is 0 Å². The highest BCUT2D eigenvalue weighted by atomic mass is 32.2. The molecule has 1 amide bonds. The van der Waals surface area contributed by atoms with Crippen molar-refractivity contribution in [1.82, 2.24) is 14.5 Å². The average Bonchev–Trinajstić information content (AvgIpc) is 3.07. The normalized spacial score (nSPS) is 11.5. The largest absolute Gasteiger partial charge is 0.406 e. The van der Waals surface area contributed by atoms with Crippen LogP contribution < -0.4 is 0 Å². The predicted octanol–water partition coefficient (Wildman–Crippen LogP) is 5.11. The lowest BCUT2D eigenvalue weighted by molar-refractivity contribution is -0.141. The zero-order valence-corrected chi connectivity index (χ0v) is 16.8. The molecule has 0 fully saturated rings. The lowest BCUT2D eigenvalue weighted by Gasteiger charge is -2.14. The van der Waals surface area contributed by atoms with Crippen molar-refractivity contribution in [1.29, 1.82) is 0 Å². The molecule has 3 aromatic rings. The van der Waals surface area contributed by atoms with E-state index in [0.717, 1.165) is 5.56 Å². The maximum Gasteiger partial charge on any atom is 0.406 e. The van der Waals surface area contributed by atoms with Gasteiger partial charge in [-0.2, -0.15) is 13.2 Å². The standard InChI is InChI=1S/C21H20F3N3OS/c1-26(2)19(28)17-10-8-15(9-11-17)13-29-20-25-12-18(16-6-4-3-5-7-16)27(20)14-21(22,23)24/h3-12H,13-14H2,1-2H3. The van der Waals surface area contributed by atoms with E-state index in [9.17, 15) is 18.0 Å². The molecule has 0 spiro atoms. The summed E-state index contributed by atoms with van der Waals surface area (Å²) in [6, 6.07) is 15.9. The van der Waals surface area contributed by atoms with Crippen molar-refractivity contribution in [3.8, 4) is 11.3 Å². The third kappa shape index (κ3) is 5.41. The van der Waals surface area contributed by atoms with Gasteiger partial charge in [0.2, 0.25) is 0 Å². The molecule has 0 aliphatic heterocycles. The quantitative estimate of drug-likeness (QED) is 0.522. The molecule has 8 heteroatoms. The Morgan fingerprint density at radius 3 is 2.31 bits per heavy atom. The van der Waals surface area contributed by atoms with Gasteiger partial charge in [0.05, 0.1) is 11.9 Å². The smallest absolute Gasteiger partial charge is 0.345 e. The topological polar surface area (TPSA) is 38.1 Å². The highest BCUT2D eigenvalue weighted by Crippen LogP contribution is 2.31. The summed E-state index contributed by atoms with van der Waals surface area (Å²) in [7, 11) is 3.35.